The first kappa shape index (κ1) is 13.7. The molecule has 1 heterocycles. The largest absolute Gasteiger partial charge is 0.335 e. The maximum Gasteiger partial charge on any atom is 0.274 e. The van der Waals surface area contributed by atoms with Gasteiger partial charge >= 0.3 is 0 Å². The predicted molar refractivity (Wildman–Crippen MR) is 73.4 cm³/mol. The van der Waals surface area contributed by atoms with E-state index in [9.17, 15) is 4.79 Å². The van der Waals surface area contributed by atoms with E-state index in [0.29, 0.717) is 24.1 Å². The highest BCUT2D eigenvalue weighted by molar-refractivity contribution is 5.92. The quantitative estimate of drug-likeness (QED) is 0.636. The highest BCUT2D eigenvalue weighted by atomic mass is 16.2. The van der Waals surface area contributed by atoms with Crippen LogP contribution < -0.4 is 11.3 Å². The van der Waals surface area contributed by atoms with Crippen molar-refractivity contribution < 1.29 is 4.79 Å². The third-order valence-corrected chi connectivity index (χ3v) is 3.62. The summed E-state index contributed by atoms with van der Waals surface area (Å²) < 4.78 is 0. The van der Waals surface area contributed by atoms with Gasteiger partial charge in [0.05, 0.1) is 12.4 Å². The molecule has 6 heteroatoms. The molecule has 0 bridgehead atoms. The number of rotatable bonds is 4. The highest BCUT2D eigenvalue weighted by Crippen LogP contribution is 2.23. The van der Waals surface area contributed by atoms with Crippen LogP contribution in [0.15, 0.2) is 12.4 Å². The lowest BCUT2D eigenvalue weighted by atomic mass is 9.94. The third-order valence-electron chi connectivity index (χ3n) is 3.62. The van der Waals surface area contributed by atoms with Crippen molar-refractivity contribution in [3.8, 4) is 0 Å². The zero-order valence-electron chi connectivity index (χ0n) is 11.3. The molecule has 6 nitrogen and oxygen atoms in total. The van der Waals surface area contributed by atoms with E-state index in [-0.39, 0.29) is 5.91 Å². The first-order valence-corrected chi connectivity index (χ1v) is 6.86. The van der Waals surface area contributed by atoms with Gasteiger partial charge in [-0.1, -0.05) is 19.3 Å². The van der Waals surface area contributed by atoms with Crippen molar-refractivity contribution in [3.63, 3.8) is 0 Å². The SMILES string of the molecule is CCN(C(=O)c1cncc(NN)n1)C1CCCCC1. The molecule has 0 saturated heterocycles. The number of amides is 1. The van der Waals surface area contributed by atoms with Crippen LogP contribution >= 0.6 is 0 Å². The van der Waals surface area contributed by atoms with Gasteiger partial charge in [0.25, 0.3) is 5.91 Å². The van der Waals surface area contributed by atoms with Crippen LogP contribution in [0.2, 0.25) is 0 Å². The second kappa shape index (κ2) is 6.47. The summed E-state index contributed by atoms with van der Waals surface area (Å²) in [6.07, 6.45) is 8.83. The number of anilines is 1. The standard InChI is InChI=1S/C13H21N5O/c1-2-18(10-6-4-3-5-7-10)13(19)11-8-15-9-12(16-11)17-14/h8-10H,2-7,14H2,1H3,(H,16,17). The molecule has 0 aliphatic heterocycles. The number of aromatic nitrogens is 2. The van der Waals surface area contributed by atoms with Crippen molar-refractivity contribution in [3.05, 3.63) is 18.1 Å². The Morgan fingerprint density at radius 1 is 1.42 bits per heavy atom. The molecule has 1 aliphatic carbocycles. The molecule has 1 fully saturated rings. The molecule has 1 amide bonds. The Balaban J connectivity index is 2.14. The summed E-state index contributed by atoms with van der Waals surface area (Å²) in [6.45, 7) is 2.70. The van der Waals surface area contributed by atoms with Gasteiger partial charge in [-0.3, -0.25) is 9.78 Å². The molecule has 1 saturated carbocycles. The minimum absolute atomic E-state index is 0.0565. The molecular weight excluding hydrogens is 242 g/mol. The number of carbonyl (C=O) groups excluding carboxylic acids is 1. The van der Waals surface area contributed by atoms with Gasteiger partial charge < -0.3 is 10.3 Å². The zero-order valence-corrected chi connectivity index (χ0v) is 11.3. The van der Waals surface area contributed by atoms with Gasteiger partial charge in [-0.25, -0.2) is 10.8 Å². The maximum atomic E-state index is 12.5. The number of nitrogen functional groups attached to an aromatic ring is 1. The zero-order chi connectivity index (χ0) is 13.7. The lowest BCUT2D eigenvalue weighted by Gasteiger charge is -2.33. The summed E-state index contributed by atoms with van der Waals surface area (Å²) in [6, 6.07) is 0.336. The molecule has 2 rings (SSSR count). The Labute approximate surface area is 113 Å². The maximum absolute atomic E-state index is 12.5. The van der Waals surface area contributed by atoms with Crippen LogP contribution in [0.1, 0.15) is 49.5 Å². The van der Waals surface area contributed by atoms with Crippen LogP contribution in [-0.2, 0) is 0 Å². The minimum atomic E-state index is -0.0565. The molecule has 1 aromatic heterocycles. The van der Waals surface area contributed by atoms with Crippen molar-refractivity contribution >= 4 is 11.7 Å². The first-order chi connectivity index (χ1) is 9.26. The highest BCUT2D eigenvalue weighted by Gasteiger charge is 2.25. The van der Waals surface area contributed by atoms with E-state index in [0.717, 1.165) is 12.8 Å². The number of nitrogens with one attached hydrogen (secondary N) is 1. The van der Waals surface area contributed by atoms with Gasteiger partial charge in [0.1, 0.15) is 5.69 Å². The number of hydrazine groups is 1. The molecule has 1 aliphatic rings. The van der Waals surface area contributed by atoms with Gasteiger partial charge in [0.2, 0.25) is 0 Å². The summed E-state index contributed by atoms with van der Waals surface area (Å²) in [4.78, 5) is 22.6. The summed E-state index contributed by atoms with van der Waals surface area (Å²) in [5, 5.41) is 0. The van der Waals surface area contributed by atoms with Gasteiger partial charge in [0, 0.05) is 12.6 Å². The predicted octanol–water partition coefficient (Wildman–Crippen LogP) is 1.56. The van der Waals surface area contributed by atoms with E-state index in [1.165, 1.54) is 31.7 Å². The summed E-state index contributed by atoms with van der Waals surface area (Å²) in [5.41, 5.74) is 2.76. The van der Waals surface area contributed by atoms with Crippen molar-refractivity contribution in [2.75, 3.05) is 12.0 Å². The van der Waals surface area contributed by atoms with Crippen molar-refractivity contribution in [1.82, 2.24) is 14.9 Å². The normalized spacial score (nSPS) is 16.1. The smallest absolute Gasteiger partial charge is 0.274 e. The van der Waals surface area contributed by atoms with Crippen molar-refractivity contribution in [2.24, 2.45) is 5.84 Å². The molecule has 0 aromatic carbocycles. The van der Waals surface area contributed by atoms with Crippen LogP contribution in [-0.4, -0.2) is 33.4 Å². The summed E-state index contributed by atoms with van der Waals surface area (Å²) >= 11 is 0. The summed E-state index contributed by atoms with van der Waals surface area (Å²) in [5.74, 6) is 5.64. The first-order valence-electron chi connectivity index (χ1n) is 6.86. The van der Waals surface area contributed by atoms with Crippen LogP contribution in [0.5, 0.6) is 0 Å². The van der Waals surface area contributed by atoms with Gasteiger partial charge in [-0.05, 0) is 19.8 Å². The van der Waals surface area contributed by atoms with E-state index < -0.39 is 0 Å². The van der Waals surface area contributed by atoms with Crippen LogP contribution in [0.4, 0.5) is 5.82 Å². The second-order valence-corrected chi connectivity index (χ2v) is 4.82. The minimum Gasteiger partial charge on any atom is -0.335 e. The molecule has 0 radical (unpaired) electrons. The molecule has 1 aromatic rings. The average Bonchev–Trinajstić information content (AvgIpc) is 2.49. The monoisotopic (exact) mass is 263 g/mol. The molecule has 3 N–H and O–H groups in total. The Kier molecular flexibility index (Phi) is 4.68. The molecule has 0 atom stereocenters. The van der Waals surface area contributed by atoms with Crippen molar-refractivity contribution in [2.45, 2.75) is 45.1 Å². The number of hydrogen-bond donors (Lipinski definition) is 2. The summed E-state index contributed by atoms with van der Waals surface area (Å²) in [7, 11) is 0. The van der Waals surface area contributed by atoms with Crippen molar-refractivity contribution in [1.29, 1.82) is 0 Å². The fraction of sp³-hybridized carbons (Fsp3) is 0.615. The second-order valence-electron chi connectivity index (χ2n) is 4.82. The molecule has 0 unspecified atom stereocenters. The van der Waals surface area contributed by atoms with E-state index in [1.807, 2.05) is 11.8 Å². The molecule has 0 spiro atoms. The van der Waals surface area contributed by atoms with Gasteiger partial charge in [-0.15, -0.1) is 0 Å². The van der Waals surface area contributed by atoms with E-state index in [2.05, 4.69) is 15.4 Å². The fourth-order valence-electron chi connectivity index (χ4n) is 2.65. The van der Waals surface area contributed by atoms with Crippen LogP contribution in [0.3, 0.4) is 0 Å². The van der Waals surface area contributed by atoms with Gasteiger partial charge in [-0.2, -0.15) is 0 Å². The topological polar surface area (TPSA) is 84.1 Å². The fourth-order valence-corrected chi connectivity index (χ4v) is 2.65. The van der Waals surface area contributed by atoms with Crippen LogP contribution in [0.25, 0.3) is 0 Å². The Bertz CT molecular complexity index is 431. The Hall–Kier alpha value is -1.69. The molecular formula is C13H21N5O. The molecule has 104 valence electrons. The van der Waals surface area contributed by atoms with E-state index in [1.54, 1.807) is 0 Å². The number of hydrogen-bond acceptors (Lipinski definition) is 5. The Morgan fingerprint density at radius 3 is 2.79 bits per heavy atom. The average molecular weight is 263 g/mol. The van der Waals surface area contributed by atoms with Gasteiger partial charge in [0.15, 0.2) is 5.82 Å². The number of nitrogens with zero attached hydrogens (tertiary/aromatic N) is 3. The lowest BCUT2D eigenvalue weighted by molar-refractivity contribution is 0.0641. The third kappa shape index (κ3) is 3.20. The number of carbonyl (C=O) groups is 1. The number of nitrogens with two attached hydrogens (primary N) is 1. The molecule has 19 heavy (non-hydrogen) atoms. The van der Waals surface area contributed by atoms with Crippen LogP contribution in [0, 0.1) is 0 Å². The Morgan fingerprint density at radius 2 is 2.16 bits per heavy atom. The van der Waals surface area contributed by atoms with E-state index in [4.69, 9.17) is 5.84 Å². The lowest BCUT2D eigenvalue weighted by Crippen LogP contribution is -2.41. The van der Waals surface area contributed by atoms with E-state index >= 15 is 0 Å².